The van der Waals surface area contributed by atoms with Crippen molar-refractivity contribution in [1.82, 2.24) is 14.7 Å². The zero-order valence-electron chi connectivity index (χ0n) is 11.6. The molecule has 1 fully saturated rings. The molecule has 18 heavy (non-hydrogen) atoms. The summed E-state index contributed by atoms with van der Waals surface area (Å²) >= 11 is 0. The van der Waals surface area contributed by atoms with Crippen molar-refractivity contribution in [2.45, 2.75) is 46.2 Å². The number of piperidine rings is 1. The number of nitrogens with zero attached hydrogens (tertiary/aromatic N) is 3. The van der Waals surface area contributed by atoms with Gasteiger partial charge in [0.1, 0.15) is 0 Å². The molecule has 0 aromatic carbocycles. The fraction of sp³-hybridized carbons (Fsp3) is 0.714. The molecule has 4 heteroatoms. The van der Waals surface area contributed by atoms with Crippen molar-refractivity contribution in [2.75, 3.05) is 13.1 Å². The van der Waals surface area contributed by atoms with Crippen molar-refractivity contribution in [3.63, 3.8) is 0 Å². The molecule has 0 amide bonds. The largest absolute Gasteiger partial charge is 0.301 e. The summed E-state index contributed by atoms with van der Waals surface area (Å²) in [4.78, 5) is 14.2. The zero-order valence-corrected chi connectivity index (χ0v) is 11.6. The number of aryl methyl sites for hydroxylation is 1. The van der Waals surface area contributed by atoms with Gasteiger partial charge in [0.15, 0.2) is 0 Å². The normalized spacial score (nSPS) is 18.4. The molecule has 2 rings (SSSR count). The lowest BCUT2D eigenvalue weighted by atomic mass is 9.96. The molecule has 0 aliphatic carbocycles. The molecule has 0 unspecified atom stereocenters. The van der Waals surface area contributed by atoms with Crippen LogP contribution in [0, 0.1) is 12.8 Å². The van der Waals surface area contributed by atoms with Gasteiger partial charge < -0.3 is 4.90 Å². The molecule has 0 atom stereocenters. The van der Waals surface area contributed by atoms with Crippen molar-refractivity contribution >= 4 is 0 Å². The van der Waals surface area contributed by atoms with Gasteiger partial charge in [0.05, 0.1) is 5.69 Å². The average Bonchev–Trinajstić information content (AvgIpc) is 2.34. The lowest BCUT2D eigenvalue weighted by molar-refractivity contribution is 0.139. The predicted molar refractivity (Wildman–Crippen MR) is 72.7 cm³/mol. The summed E-state index contributed by atoms with van der Waals surface area (Å²) in [5.74, 6) is 0.590. The fourth-order valence-electron chi connectivity index (χ4n) is 2.58. The summed E-state index contributed by atoms with van der Waals surface area (Å²) < 4.78 is 1.63. The van der Waals surface area contributed by atoms with E-state index in [-0.39, 0.29) is 5.56 Å². The van der Waals surface area contributed by atoms with Gasteiger partial charge in [0, 0.05) is 18.7 Å². The van der Waals surface area contributed by atoms with E-state index in [2.05, 4.69) is 23.8 Å². The second kappa shape index (κ2) is 5.65. The summed E-state index contributed by atoms with van der Waals surface area (Å²) in [5.41, 5.74) is 0.932. The van der Waals surface area contributed by atoms with Crippen LogP contribution in [0.2, 0.25) is 0 Å². The van der Waals surface area contributed by atoms with Crippen LogP contribution in [-0.4, -0.2) is 33.8 Å². The third kappa shape index (κ3) is 3.19. The zero-order chi connectivity index (χ0) is 13.1. The first-order valence-corrected chi connectivity index (χ1v) is 6.85. The molecule has 1 aromatic heterocycles. The van der Waals surface area contributed by atoms with Crippen molar-refractivity contribution < 1.29 is 0 Å². The molecule has 4 nitrogen and oxygen atoms in total. The molecule has 1 aliphatic rings. The smallest absolute Gasteiger partial charge is 0.266 e. The van der Waals surface area contributed by atoms with Crippen molar-refractivity contribution in [3.05, 3.63) is 28.2 Å². The number of aromatic nitrogens is 2. The highest BCUT2D eigenvalue weighted by molar-refractivity contribution is 4.97. The van der Waals surface area contributed by atoms with Gasteiger partial charge in [0.2, 0.25) is 0 Å². The van der Waals surface area contributed by atoms with Gasteiger partial charge in [-0.2, -0.15) is 5.10 Å². The van der Waals surface area contributed by atoms with Crippen LogP contribution >= 0.6 is 0 Å². The lowest BCUT2D eigenvalue weighted by Crippen LogP contribution is -2.40. The molecular weight excluding hydrogens is 226 g/mol. The Kier molecular flexibility index (Phi) is 4.17. The van der Waals surface area contributed by atoms with Gasteiger partial charge in [-0.15, -0.1) is 0 Å². The number of likely N-dealkylation sites (tertiary alicyclic amines) is 1. The van der Waals surface area contributed by atoms with Crippen LogP contribution in [0.5, 0.6) is 0 Å². The van der Waals surface area contributed by atoms with Gasteiger partial charge in [-0.3, -0.25) is 4.79 Å². The first-order chi connectivity index (χ1) is 8.56. The molecule has 1 saturated heterocycles. The van der Waals surface area contributed by atoms with Crippen LogP contribution in [0.25, 0.3) is 0 Å². The number of rotatable bonds is 3. The molecule has 1 aromatic rings. The second-order valence-electron chi connectivity index (χ2n) is 5.57. The van der Waals surface area contributed by atoms with E-state index in [1.807, 2.05) is 6.92 Å². The Morgan fingerprint density at radius 3 is 2.61 bits per heavy atom. The van der Waals surface area contributed by atoms with Crippen molar-refractivity contribution in [2.24, 2.45) is 5.92 Å². The molecule has 0 spiro atoms. The van der Waals surface area contributed by atoms with Crippen LogP contribution in [0.4, 0.5) is 0 Å². The minimum absolute atomic E-state index is 0.0203. The van der Waals surface area contributed by atoms with E-state index < -0.39 is 0 Å². The van der Waals surface area contributed by atoms with Crippen LogP contribution in [0.15, 0.2) is 16.9 Å². The van der Waals surface area contributed by atoms with Gasteiger partial charge in [-0.1, -0.05) is 0 Å². The highest BCUT2D eigenvalue weighted by Gasteiger charge is 2.21. The third-order valence-corrected chi connectivity index (χ3v) is 3.81. The SMILES string of the molecule is Cc1ccc(=O)n(CC2CCN(C(C)C)CC2)n1. The number of hydrogen-bond donors (Lipinski definition) is 0. The summed E-state index contributed by atoms with van der Waals surface area (Å²) in [5, 5.41) is 4.31. The highest BCUT2D eigenvalue weighted by atomic mass is 16.1. The topological polar surface area (TPSA) is 38.1 Å². The van der Waals surface area contributed by atoms with Gasteiger partial charge in [0.25, 0.3) is 5.56 Å². The van der Waals surface area contributed by atoms with Gasteiger partial charge in [-0.25, -0.2) is 4.68 Å². The maximum absolute atomic E-state index is 11.7. The van der Waals surface area contributed by atoms with Crippen LogP contribution in [0.3, 0.4) is 0 Å². The lowest BCUT2D eigenvalue weighted by Gasteiger charge is -2.34. The van der Waals surface area contributed by atoms with Gasteiger partial charge >= 0.3 is 0 Å². The maximum atomic E-state index is 11.7. The first-order valence-electron chi connectivity index (χ1n) is 6.85. The van der Waals surface area contributed by atoms with E-state index in [9.17, 15) is 4.79 Å². The van der Waals surface area contributed by atoms with E-state index >= 15 is 0 Å². The Hall–Kier alpha value is -1.16. The fourth-order valence-corrected chi connectivity index (χ4v) is 2.58. The molecular formula is C14H23N3O. The van der Waals surface area contributed by atoms with Gasteiger partial charge in [-0.05, 0) is 58.7 Å². The molecule has 0 radical (unpaired) electrons. The number of hydrogen-bond acceptors (Lipinski definition) is 3. The van der Waals surface area contributed by atoms with E-state index in [0.29, 0.717) is 12.0 Å². The molecule has 2 heterocycles. The summed E-state index contributed by atoms with van der Waals surface area (Å²) in [6.07, 6.45) is 2.33. The quantitative estimate of drug-likeness (QED) is 0.818. The molecule has 0 N–H and O–H groups in total. The van der Waals surface area contributed by atoms with E-state index in [1.54, 1.807) is 16.8 Å². The molecule has 0 bridgehead atoms. The highest BCUT2D eigenvalue weighted by Crippen LogP contribution is 2.19. The third-order valence-electron chi connectivity index (χ3n) is 3.81. The Morgan fingerprint density at radius 1 is 1.33 bits per heavy atom. The van der Waals surface area contributed by atoms with E-state index in [1.165, 1.54) is 12.8 Å². The van der Waals surface area contributed by atoms with Crippen LogP contribution < -0.4 is 5.56 Å². The monoisotopic (exact) mass is 249 g/mol. The standard InChI is InChI=1S/C14H23N3O/c1-11(2)16-8-6-13(7-9-16)10-17-14(18)5-4-12(3)15-17/h4-5,11,13H,6-10H2,1-3H3. The minimum atomic E-state index is 0.0203. The maximum Gasteiger partial charge on any atom is 0.266 e. The van der Waals surface area contributed by atoms with Crippen molar-refractivity contribution in [1.29, 1.82) is 0 Å². The second-order valence-corrected chi connectivity index (χ2v) is 5.57. The Morgan fingerprint density at radius 2 is 2.00 bits per heavy atom. The Bertz CT molecular complexity index is 445. The van der Waals surface area contributed by atoms with Crippen molar-refractivity contribution in [3.8, 4) is 0 Å². The minimum Gasteiger partial charge on any atom is -0.301 e. The molecule has 0 saturated carbocycles. The Labute approximate surface area is 109 Å². The van der Waals surface area contributed by atoms with E-state index in [0.717, 1.165) is 25.3 Å². The molecule has 1 aliphatic heterocycles. The summed E-state index contributed by atoms with van der Waals surface area (Å²) in [6, 6.07) is 4.02. The predicted octanol–water partition coefficient (Wildman–Crippen LogP) is 1.67. The summed E-state index contributed by atoms with van der Waals surface area (Å²) in [6.45, 7) is 9.47. The Balaban J connectivity index is 1.95. The summed E-state index contributed by atoms with van der Waals surface area (Å²) in [7, 11) is 0. The van der Waals surface area contributed by atoms with Crippen LogP contribution in [-0.2, 0) is 6.54 Å². The van der Waals surface area contributed by atoms with E-state index in [4.69, 9.17) is 0 Å². The molecule has 100 valence electrons. The average molecular weight is 249 g/mol. The first kappa shape index (κ1) is 13.3. The van der Waals surface area contributed by atoms with Crippen LogP contribution in [0.1, 0.15) is 32.4 Å².